The summed E-state index contributed by atoms with van der Waals surface area (Å²) in [5.41, 5.74) is -4.84. The van der Waals surface area contributed by atoms with E-state index in [0.717, 1.165) is 0 Å². The molecule has 3 rings (SSSR count). The molecule has 23 heavy (non-hydrogen) atoms. The number of hydrogen-bond donors (Lipinski definition) is 0. The first-order valence-electron chi connectivity index (χ1n) is 6.43. The Morgan fingerprint density at radius 2 is 1.57 bits per heavy atom. The molecule has 0 N–H and O–H groups in total. The van der Waals surface area contributed by atoms with Crippen LogP contribution in [0.1, 0.15) is 0 Å². The van der Waals surface area contributed by atoms with E-state index in [0.29, 0.717) is 10.6 Å². The Balaban J connectivity index is 2.33. The quantitative estimate of drug-likeness (QED) is 0.550. The zero-order valence-electron chi connectivity index (χ0n) is 11.4. The van der Waals surface area contributed by atoms with Gasteiger partial charge < -0.3 is 4.42 Å². The monoisotopic (exact) mass is 356 g/mol. The van der Waals surface area contributed by atoms with E-state index in [1.165, 1.54) is 36.4 Å². The third-order valence-electron chi connectivity index (χ3n) is 3.12. The molecule has 7 heteroatoms. The second-order valence-electron chi connectivity index (χ2n) is 4.65. The van der Waals surface area contributed by atoms with E-state index in [-0.39, 0.29) is 33.2 Å². The lowest BCUT2D eigenvalue weighted by Crippen LogP contribution is -2.06. The van der Waals surface area contributed by atoms with E-state index in [9.17, 15) is 18.0 Å². The summed E-state index contributed by atoms with van der Waals surface area (Å²) in [6.45, 7) is 0. The van der Waals surface area contributed by atoms with Crippen molar-refractivity contribution in [3.05, 3.63) is 64.0 Å². The fourth-order valence-electron chi connectivity index (χ4n) is 2.18. The van der Waals surface area contributed by atoms with Gasteiger partial charge in [0.2, 0.25) is 0 Å². The molecule has 2 aromatic carbocycles. The number of hydrogen-bond acceptors (Lipinski definition) is 3. The van der Waals surface area contributed by atoms with Crippen molar-refractivity contribution in [2.24, 2.45) is 0 Å². The van der Waals surface area contributed by atoms with E-state index in [4.69, 9.17) is 16.0 Å². The van der Waals surface area contributed by atoms with Crippen LogP contribution >= 0.6 is 23.4 Å². The van der Waals surface area contributed by atoms with E-state index < -0.39 is 11.1 Å². The van der Waals surface area contributed by atoms with Crippen LogP contribution in [-0.4, -0.2) is 5.51 Å². The molecule has 0 aliphatic rings. The molecular formula is C16H8ClF3O2S. The topological polar surface area (TPSA) is 30.2 Å². The summed E-state index contributed by atoms with van der Waals surface area (Å²) in [5.74, 6) is -0.118. The van der Waals surface area contributed by atoms with Gasteiger partial charge in [-0.3, -0.25) is 0 Å². The molecule has 3 aromatic rings. The molecule has 1 aromatic heterocycles. The summed E-state index contributed by atoms with van der Waals surface area (Å²) >= 11 is 5.49. The molecule has 0 fully saturated rings. The van der Waals surface area contributed by atoms with Crippen molar-refractivity contribution in [3.8, 4) is 11.3 Å². The van der Waals surface area contributed by atoms with Gasteiger partial charge in [0.1, 0.15) is 0 Å². The molecule has 2 nitrogen and oxygen atoms in total. The standard InChI is InChI=1S/C16H8ClF3O2S/c17-10-7-5-9(6-8-10)13-14(23-16(18,19)20)11-3-1-2-4-12(11)15(21)22-13/h1-8H. The first-order valence-corrected chi connectivity index (χ1v) is 7.62. The van der Waals surface area contributed by atoms with Gasteiger partial charge in [-0.25, -0.2) is 4.79 Å². The molecule has 0 amide bonds. The largest absolute Gasteiger partial charge is 0.446 e. The van der Waals surface area contributed by atoms with Crippen LogP contribution in [0.4, 0.5) is 13.2 Å². The van der Waals surface area contributed by atoms with E-state index in [1.54, 1.807) is 12.1 Å². The van der Waals surface area contributed by atoms with Crippen LogP contribution in [0.25, 0.3) is 22.1 Å². The van der Waals surface area contributed by atoms with Crippen molar-refractivity contribution in [2.45, 2.75) is 10.4 Å². The van der Waals surface area contributed by atoms with Crippen molar-refractivity contribution in [2.75, 3.05) is 0 Å². The lowest BCUT2D eigenvalue weighted by Gasteiger charge is -2.12. The van der Waals surface area contributed by atoms with Crippen molar-refractivity contribution in [3.63, 3.8) is 0 Å². The van der Waals surface area contributed by atoms with Gasteiger partial charge in [-0.15, -0.1) is 0 Å². The molecule has 0 atom stereocenters. The average Bonchev–Trinajstić information content (AvgIpc) is 2.50. The first kappa shape index (κ1) is 16.0. The third-order valence-corrected chi connectivity index (χ3v) is 4.21. The lowest BCUT2D eigenvalue weighted by atomic mass is 10.1. The van der Waals surface area contributed by atoms with Gasteiger partial charge in [0.15, 0.2) is 5.76 Å². The molecular weight excluding hydrogens is 349 g/mol. The summed E-state index contributed by atoms with van der Waals surface area (Å²) in [6, 6.07) is 12.1. The summed E-state index contributed by atoms with van der Waals surface area (Å²) in [6.07, 6.45) is 0. The van der Waals surface area contributed by atoms with E-state index in [1.807, 2.05) is 0 Å². The van der Waals surface area contributed by atoms with Crippen LogP contribution < -0.4 is 5.63 Å². The first-order chi connectivity index (χ1) is 10.8. The smallest absolute Gasteiger partial charge is 0.421 e. The Morgan fingerprint density at radius 1 is 0.957 bits per heavy atom. The minimum atomic E-state index is -4.51. The van der Waals surface area contributed by atoms with Crippen molar-refractivity contribution >= 4 is 34.1 Å². The Hall–Kier alpha value is -1.92. The van der Waals surface area contributed by atoms with Gasteiger partial charge in [0, 0.05) is 16.0 Å². The van der Waals surface area contributed by atoms with Crippen molar-refractivity contribution in [1.82, 2.24) is 0 Å². The maximum absolute atomic E-state index is 13.0. The number of thioether (sulfide) groups is 1. The van der Waals surface area contributed by atoms with Crippen LogP contribution in [-0.2, 0) is 0 Å². The SMILES string of the molecule is O=c1oc(-c2ccc(Cl)cc2)c(SC(F)(F)F)c2ccccc12. The Labute approximate surface area is 137 Å². The summed E-state index contributed by atoms with van der Waals surface area (Å²) in [7, 11) is 0. The fraction of sp³-hybridized carbons (Fsp3) is 0.0625. The highest BCUT2D eigenvalue weighted by atomic mass is 35.5. The summed E-state index contributed by atoms with van der Waals surface area (Å²) in [5, 5.41) is 0.745. The maximum Gasteiger partial charge on any atom is 0.446 e. The molecule has 0 aliphatic carbocycles. The summed E-state index contributed by atoms with van der Waals surface area (Å²) < 4.78 is 44.0. The van der Waals surface area contributed by atoms with E-state index in [2.05, 4.69) is 0 Å². The highest BCUT2D eigenvalue weighted by Gasteiger charge is 2.33. The van der Waals surface area contributed by atoms with Crippen molar-refractivity contribution < 1.29 is 17.6 Å². The molecule has 0 radical (unpaired) electrons. The van der Waals surface area contributed by atoms with Crippen LogP contribution in [0, 0.1) is 0 Å². The lowest BCUT2D eigenvalue weighted by molar-refractivity contribution is -0.0328. The normalized spacial score (nSPS) is 11.8. The molecule has 0 saturated heterocycles. The molecule has 1 heterocycles. The highest BCUT2D eigenvalue weighted by molar-refractivity contribution is 8.00. The van der Waals surface area contributed by atoms with Crippen LogP contribution in [0.2, 0.25) is 5.02 Å². The van der Waals surface area contributed by atoms with Gasteiger partial charge in [-0.1, -0.05) is 29.8 Å². The average molecular weight is 357 g/mol. The van der Waals surface area contributed by atoms with Gasteiger partial charge in [0.05, 0.1) is 10.3 Å². The van der Waals surface area contributed by atoms with Gasteiger partial charge >= 0.3 is 11.1 Å². The maximum atomic E-state index is 13.0. The van der Waals surface area contributed by atoms with E-state index >= 15 is 0 Å². The zero-order valence-corrected chi connectivity index (χ0v) is 12.9. The van der Waals surface area contributed by atoms with Crippen LogP contribution in [0.3, 0.4) is 0 Å². The highest BCUT2D eigenvalue weighted by Crippen LogP contribution is 2.44. The molecule has 118 valence electrons. The number of rotatable bonds is 2. The Bertz CT molecular complexity index is 917. The van der Waals surface area contributed by atoms with Gasteiger partial charge in [-0.05, 0) is 42.1 Å². The van der Waals surface area contributed by atoms with Gasteiger partial charge in [-0.2, -0.15) is 13.2 Å². The molecule has 0 saturated carbocycles. The van der Waals surface area contributed by atoms with Crippen LogP contribution in [0.5, 0.6) is 0 Å². The minimum Gasteiger partial charge on any atom is -0.421 e. The number of alkyl halides is 3. The second-order valence-corrected chi connectivity index (χ2v) is 6.16. The number of benzene rings is 2. The number of halogens is 4. The Kier molecular flexibility index (Phi) is 4.12. The second kappa shape index (κ2) is 5.94. The number of fused-ring (bicyclic) bond motifs is 1. The predicted molar refractivity (Wildman–Crippen MR) is 84.8 cm³/mol. The summed E-state index contributed by atoms with van der Waals surface area (Å²) in [4.78, 5) is 11.9. The van der Waals surface area contributed by atoms with Crippen molar-refractivity contribution in [1.29, 1.82) is 0 Å². The molecule has 0 aliphatic heterocycles. The van der Waals surface area contributed by atoms with Gasteiger partial charge in [0.25, 0.3) is 0 Å². The molecule has 0 spiro atoms. The minimum absolute atomic E-state index is 0.108. The predicted octanol–water partition coefficient (Wildman–Crippen LogP) is 5.73. The molecule has 0 bridgehead atoms. The van der Waals surface area contributed by atoms with Crippen LogP contribution in [0.15, 0.2) is 62.6 Å². The fourth-order valence-corrected chi connectivity index (χ4v) is 3.08. The third kappa shape index (κ3) is 3.38. The zero-order chi connectivity index (χ0) is 16.6. The Morgan fingerprint density at radius 3 is 2.17 bits per heavy atom. The molecule has 0 unspecified atom stereocenters.